The number of nitrogens with zero attached hydrogens (tertiary/aromatic N) is 1. The topological polar surface area (TPSA) is 125 Å². The zero-order valence-electron chi connectivity index (χ0n) is 11.3. The van der Waals surface area contributed by atoms with Gasteiger partial charge in [0.15, 0.2) is 5.75 Å². The molecule has 0 amide bonds. The number of nitrogens with two attached hydrogens (primary N) is 1. The molecule has 3 N–H and O–H groups in total. The van der Waals surface area contributed by atoms with Crippen molar-refractivity contribution in [2.75, 3.05) is 19.7 Å². The molecule has 1 aliphatic heterocycles. The van der Waals surface area contributed by atoms with E-state index in [9.17, 15) is 18.5 Å². The van der Waals surface area contributed by atoms with E-state index < -0.39 is 20.6 Å². The minimum absolute atomic E-state index is 0.0540. The van der Waals surface area contributed by atoms with Crippen LogP contribution < -0.4 is 15.2 Å². The van der Waals surface area contributed by atoms with Crippen LogP contribution in [0.2, 0.25) is 0 Å². The van der Waals surface area contributed by atoms with Crippen LogP contribution >= 0.6 is 0 Å². The summed E-state index contributed by atoms with van der Waals surface area (Å²) in [4.78, 5) is 10.0. The maximum Gasteiger partial charge on any atom is 0.312 e. The minimum atomic E-state index is -3.98. The molecule has 1 aliphatic rings. The predicted octanol–water partition coefficient (Wildman–Crippen LogP) is 0.621. The second-order valence-corrected chi connectivity index (χ2v) is 6.49. The summed E-state index contributed by atoms with van der Waals surface area (Å²) in [6.07, 6.45) is 1.86. The third-order valence-corrected chi connectivity index (χ3v) is 4.31. The van der Waals surface area contributed by atoms with Crippen LogP contribution in [-0.4, -0.2) is 33.0 Å². The molecule has 0 saturated carbocycles. The summed E-state index contributed by atoms with van der Waals surface area (Å²) in [7, 11) is -3.98. The van der Waals surface area contributed by atoms with E-state index in [0.717, 1.165) is 32.0 Å². The number of nitro benzene ring substituents is 1. The van der Waals surface area contributed by atoms with Crippen molar-refractivity contribution in [2.45, 2.75) is 17.7 Å². The average molecular weight is 315 g/mol. The van der Waals surface area contributed by atoms with Crippen LogP contribution in [0.4, 0.5) is 5.69 Å². The Bertz CT molecular complexity index is 626. The second kappa shape index (κ2) is 6.37. The van der Waals surface area contributed by atoms with E-state index >= 15 is 0 Å². The number of benzene rings is 1. The highest BCUT2D eigenvalue weighted by molar-refractivity contribution is 7.89. The van der Waals surface area contributed by atoms with Gasteiger partial charge in [0.25, 0.3) is 0 Å². The molecule has 2 rings (SSSR count). The predicted molar refractivity (Wildman–Crippen MR) is 75.6 cm³/mol. The number of ether oxygens (including phenoxy) is 1. The molecular weight excluding hydrogens is 298 g/mol. The standard InChI is InChI=1S/C12H17N3O5S/c13-21(18,19)10-1-2-12(11(7-10)15(16)17)20-6-4-9-3-5-14-8-9/h1-2,7,9,14H,3-6,8H2,(H2,13,18,19). The van der Waals surface area contributed by atoms with Gasteiger partial charge in [-0.15, -0.1) is 0 Å². The van der Waals surface area contributed by atoms with Crippen LogP contribution in [0.15, 0.2) is 23.1 Å². The van der Waals surface area contributed by atoms with E-state index in [1.165, 1.54) is 12.1 Å². The Morgan fingerprint density at radius 1 is 1.48 bits per heavy atom. The number of nitrogens with one attached hydrogen (secondary N) is 1. The van der Waals surface area contributed by atoms with Crippen LogP contribution in [0.5, 0.6) is 5.75 Å². The van der Waals surface area contributed by atoms with E-state index in [2.05, 4.69) is 5.32 Å². The molecule has 1 atom stereocenters. The maximum atomic E-state index is 11.2. The molecule has 0 bridgehead atoms. The van der Waals surface area contributed by atoms with Gasteiger partial charge in [0, 0.05) is 6.07 Å². The molecule has 116 valence electrons. The first-order valence-corrected chi connectivity index (χ1v) is 8.07. The highest BCUT2D eigenvalue weighted by atomic mass is 32.2. The Labute approximate surface area is 122 Å². The summed E-state index contributed by atoms with van der Waals surface area (Å²) in [6.45, 7) is 2.26. The smallest absolute Gasteiger partial charge is 0.312 e. The van der Waals surface area contributed by atoms with E-state index in [0.29, 0.717) is 12.5 Å². The third-order valence-electron chi connectivity index (χ3n) is 3.40. The Hall–Kier alpha value is -1.71. The molecule has 21 heavy (non-hydrogen) atoms. The molecule has 1 heterocycles. The highest BCUT2D eigenvalue weighted by Crippen LogP contribution is 2.29. The number of hydrogen-bond acceptors (Lipinski definition) is 6. The number of primary sulfonamides is 1. The lowest BCUT2D eigenvalue weighted by atomic mass is 10.1. The van der Waals surface area contributed by atoms with Crippen LogP contribution in [0.3, 0.4) is 0 Å². The van der Waals surface area contributed by atoms with E-state index in [-0.39, 0.29) is 10.6 Å². The van der Waals surface area contributed by atoms with Gasteiger partial charge in [0.05, 0.1) is 16.4 Å². The summed E-state index contributed by atoms with van der Waals surface area (Å²) in [5, 5.41) is 19.2. The van der Waals surface area contributed by atoms with Gasteiger partial charge in [0.2, 0.25) is 10.0 Å². The number of rotatable bonds is 6. The van der Waals surface area contributed by atoms with Crippen LogP contribution in [-0.2, 0) is 10.0 Å². The molecule has 0 aromatic heterocycles. The highest BCUT2D eigenvalue weighted by Gasteiger charge is 2.21. The van der Waals surface area contributed by atoms with Gasteiger partial charge >= 0.3 is 5.69 Å². The Morgan fingerprint density at radius 3 is 2.81 bits per heavy atom. The first kappa shape index (κ1) is 15.7. The van der Waals surface area contributed by atoms with E-state index in [4.69, 9.17) is 9.88 Å². The van der Waals surface area contributed by atoms with Gasteiger partial charge in [-0.25, -0.2) is 13.6 Å². The molecule has 1 aromatic rings. The van der Waals surface area contributed by atoms with Crippen molar-refractivity contribution in [3.63, 3.8) is 0 Å². The Kier molecular flexibility index (Phi) is 4.76. The van der Waals surface area contributed by atoms with Gasteiger partial charge in [-0.1, -0.05) is 0 Å². The Balaban J connectivity index is 2.09. The monoisotopic (exact) mass is 315 g/mol. The normalized spacial score (nSPS) is 18.6. The molecule has 9 heteroatoms. The van der Waals surface area contributed by atoms with E-state index in [1.54, 1.807) is 0 Å². The number of hydrogen-bond donors (Lipinski definition) is 2. The molecule has 0 radical (unpaired) electrons. The molecule has 0 aliphatic carbocycles. The zero-order chi connectivity index (χ0) is 15.5. The number of nitro groups is 1. The molecule has 1 fully saturated rings. The van der Waals surface area contributed by atoms with Crippen molar-refractivity contribution < 1.29 is 18.1 Å². The van der Waals surface area contributed by atoms with Gasteiger partial charge in [0.1, 0.15) is 0 Å². The number of sulfonamides is 1. The first-order chi connectivity index (χ1) is 9.88. The van der Waals surface area contributed by atoms with Crippen molar-refractivity contribution in [1.82, 2.24) is 5.32 Å². The third kappa shape index (κ3) is 4.13. The molecular formula is C12H17N3O5S. The first-order valence-electron chi connectivity index (χ1n) is 6.52. The van der Waals surface area contributed by atoms with Crippen molar-refractivity contribution in [1.29, 1.82) is 0 Å². The molecule has 0 spiro atoms. The maximum absolute atomic E-state index is 11.2. The summed E-state index contributed by atoms with van der Waals surface area (Å²) in [5.74, 6) is 0.561. The van der Waals surface area contributed by atoms with Crippen LogP contribution in [0.1, 0.15) is 12.8 Å². The molecule has 8 nitrogen and oxygen atoms in total. The summed E-state index contributed by atoms with van der Waals surface area (Å²) in [5.41, 5.74) is -0.397. The largest absolute Gasteiger partial charge is 0.487 e. The lowest BCUT2D eigenvalue weighted by molar-refractivity contribution is -0.386. The summed E-state index contributed by atoms with van der Waals surface area (Å²) in [6, 6.07) is 3.39. The lowest BCUT2D eigenvalue weighted by Crippen LogP contribution is -2.13. The average Bonchev–Trinajstić information content (AvgIpc) is 2.90. The second-order valence-electron chi connectivity index (χ2n) is 4.93. The minimum Gasteiger partial charge on any atom is -0.487 e. The van der Waals surface area contributed by atoms with Crippen LogP contribution in [0.25, 0.3) is 0 Å². The Morgan fingerprint density at radius 2 is 2.24 bits per heavy atom. The van der Waals surface area contributed by atoms with Crippen molar-refractivity contribution >= 4 is 15.7 Å². The van der Waals surface area contributed by atoms with Crippen LogP contribution in [0, 0.1) is 16.0 Å². The fourth-order valence-electron chi connectivity index (χ4n) is 2.24. The SMILES string of the molecule is NS(=O)(=O)c1ccc(OCCC2CCNC2)c([N+](=O)[O-])c1. The summed E-state index contributed by atoms with van der Waals surface area (Å²) >= 11 is 0. The van der Waals surface area contributed by atoms with Gasteiger partial charge in [-0.2, -0.15) is 0 Å². The van der Waals surface area contributed by atoms with Gasteiger partial charge in [-0.3, -0.25) is 10.1 Å². The quantitative estimate of drug-likeness (QED) is 0.585. The van der Waals surface area contributed by atoms with E-state index in [1.807, 2.05) is 0 Å². The lowest BCUT2D eigenvalue weighted by Gasteiger charge is -2.10. The van der Waals surface area contributed by atoms with Crippen molar-refractivity contribution in [3.8, 4) is 5.75 Å². The molecule has 1 saturated heterocycles. The van der Waals surface area contributed by atoms with Crippen molar-refractivity contribution in [3.05, 3.63) is 28.3 Å². The summed E-state index contributed by atoms with van der Waals surface area (Å²) < 4.78 is 27.9. The fourth-order valence-corrected chi connectivity index (χ4v) is 2.77. The van der Waals surface area contributed by atoms with Crippen molar-refractivity contribution in [2.24, 2.45) is 11.1 Å². The molecule has 1 unspecified atom stereocenters. The van der Waals surface area contributed by atoms with Gasteiger partial charge in [-0.05, 0) is 44.0 Å². The molecule has 1 aromatic carbocycles. The van der Waals surface area contributed by atoms with Gasteiger partial charge < -0.3 is 10.1 Å². The zero-order valence-corrected chi connectivity index (χ0v) is 12.1. The fraction of sp³-hybridized carbons (Fsp3) is 0.500.